The van der Waals surface area contributed by atoms with Crippen molar-refractivity contribution in [1.29, 1.82) is 0 Å². The van der Waals surface area contributed by atoms with E-state index >= 15 is 0 Å². The third kappa shape index (κ3) is 5.21. The SMILES string of the molecule is CCNC(=NCc1ccnn1C)NCC(C)N1CCOCC1C. The summed E-state index contributed by atoms with van der Waals surface area (Å²) < 4.78 is 7.36. The zero-order chi connectivity index (χ0) is 16.7. The van der Waals surface area contributed by atoms with E-state index in [2.05, 4.69) is 46.4 Å². The third-order valence-corrected chi connectivity index (χ3v) is 4.22. The van der Waals surface area contributed by atoms with Gasteiger partial charge in [0.05, 0.1) is 25.5 Å². The number of hydrogen-bond donors (Lipinski definition) is 2. The number of aliphatic imine (C=N–C) groups is 1. The minimum atomic E-state index is 0.439. The van der Waals surface area contributed by atoms with Gasteiger partial charge in [0.2, 0.25) is 0 Å². The van der Waals surface area contributed by atoms with Crippen molar-refractivity contribution in [3.8, 4) is 0 Å². The van der Waals surface area contributed by atoms with Crippen molar-refractivity contribution in [1.82, 2.24) is 25.3 Å². The quantitative estimate of drug-likeness (QED) is 0.592. The maximum Gasteiger partial charge on any atom is 0.191 e. The van der Waals surface area contributed by atoms with Gasteiger partial charge in [0.1, 0.15) is 0 Å². The molecule has 0 aromatic carbocycles. The number of morpholine rings is 1. The minimum absolute atomic E-state index is 0.439. The average molecular weight is 322 g/mol. The van der Waals surface area contributed by atoms with Crippen LogP contribution in [0.1, 0.15) is 26.5 Å². The van der Waals surface area contributed by atoms with Crippen molar-refractivity contribution >= 4 is 5.96 Å². The molecule has 1 aromatic heterocycles. The summed E-state index contributed by atoms with van der Waals surface area (Å²) in [5, 5.41) is 10.9. The summed E-state index contributed by atoms with van der Waals surface area (Å²) in [6.45, 7) is 11.5. The van der Waals surface area contributed by atoms with E-state index in [9.17, 15) is 0 Å². The van der Waals surface area contributed by atoms with Crippen LogP contribution in [0.5, 0.6) is 0 Å². The first kappa shape index (κ1) is 17.7. The Bertz CT molecular complexity index is 501. The Hall–Kier alpha value is -1.60. The Labute approximate surface area is 139 Å². The molecule has 1 saturated heterocycles. The standard InChI is InChI=1S/C16H30N6O/c1-5-17-16(19-11-15-6-7-20-21(15)4)18-10-13(2)22-8-9-23-12-14(22)3/h6-7,13-14H,5,8-12H2,1-4H3,(H2,17,18,19). The molecule has 1 aliphatic heterocycles. The predicted molar refractivity (Wildman–Crippen MR) is 92.5 cm³/mol. The molecule has 0 radical (unpaired) electrons. The number of nitrogens with one attached hydrogen (secondary N) is 2. The second-order valence-electron chi connectivity index (χ2n) is 6.03. The molecule has 2 heterocycles. The number of ether oxygens (including phenoxy) is 1. The average Bonchev–Trinajstić information content (AvgIpc) is 2.95. The van der Waals surface area contributed by atoms with Crippen molar-refractivity contribution in [2.75, 3.05) is 32.8 Å². The number of aromatic nitrogens is 2. The van der Waals surface area contributed by atoms with E-state index in [1.807, 2.05) is 17.8 Å². The second kappa shape index (κ2) is 8.88. The van der Waals surface area contributed by atoms with Gasteiger partial charge in [0.15, 0.2) is 5.96 Å². The topological polar surface area (TPSA) is 66.7 Å². The number of nitrogens with zero attached hydrogens (tertiary/aromatic N) is 4. The summed E-state index contributed by atoms with van der Waals surface area (Å²) in [4.78, 5) is 7.13. The molecule has 1 aliphatic rings. The first-order valence-electron chi connectivity index (χ1n) is 8.44. The molecule has 130 valence electrons. The van der Waals surface area contributed by atoms with Crippen molar-refractivity contribution in [2.24, 2.45) is 12.0 Å². The molecule has 0 saturated carbocycles. The molecule has 1 aromatic rings. The lowest BCUT2D eigenvalue weighted by Gasteiger charge is -2.38. The van der Waals surface area contributed by atoms with Crippen LogP contribution in [0.2, 0.25) is 0 Å². The van der Waals surface area contributed by atoms with Gasteiger partial charge >= 0.3 is 0 Å². The van der Waals surface area contributed by atoms with Crippen molar-refractivity contribution in [2.45, 2.75) is 39.4 Å². The van der Waals surface area contributed by atoms with E-state index in [4.69, 9.17) is 4.74 Å². The van der Waals surface area contributed by atoms with Gasteiger partial charge in [0, 0.05) is 45.0 Å². The molecule has 0 spiro atoms. The normalized spacial score (nSPS) is 21.2. The minimum Gasteiger partial charge on any atom is -0.379 e. The Balaban J connectivity index is 1.87. The Morgan fingerprint density at radius 1 is 1.52 bits per heavy atom. The van der Waals surface area contributed by atoms with Crippen LogP contribution < -0.4 is 10.6 Å². The monoisotopic (exact) mass is 322 g/mol. The maximum absolute atomic E-state index is 5.51. The first-order valence-corrected chi connectivity index (χ1v) is 8.44. The number of aryl methyl sites for hydroxylation is 1. The third-order valence-electron chi connectivity index (χ3n) is 4.22. The summed E-state index contributed by atoms with van der Waals surface area (Å²) in [7, 11) is 1.94. The second-order valence-corrected chi connectivity index (χ2v) is 6.03. The van der Waals surface area contributed by atoms with Gasteiger partial charge < -0.3 is 15.4 Å². The van der Waals surface area contributed by atoms with Crippen LogP contribution in [0.4, 0.5) is 0 Å². The maximum atomic E-state index is 5.51. The Morgan fingerprint density at radius 2 is 2.35 bits per heavy atom. The van der Waals surface area contributed by atoms with E-state index in [1.165, 1.54) is 0 Å². The zero-order valence-electron chi connectivity index (χ0n) is 14.7. The lowest BCUT2D eigenvalue weighted by molar-refractivity contribution is -0.0174. The highest BCUT2D eigenvalue weighted by atomic mass is 16.5. The number of rotatable bonds is 6. The highest BCUT2D eigenvalue weighted by Gasteiger charge is 2.23. The molecule has 2 N–H and O–H groups in total. The zero-order valence-corrected chi connectivity index (χ0v) is 14.7. The summed E-state index contributed by atoms with van der Waals surface area (Å²) in [6, 6.07) is 2.90. The van der Waals surface area contributed by atoms with Gasteiger partial charge in [-0.1, -0.05) is 0 Å². The summed E-state index contributed by atoms with van der Waals surface area (Å²) in [5.41, 5.74) is 1.09. The van der Waals surface area contributed by atoms with Crippen LogP contribution >= 0.6 is 0 Å². The first-order chi connectivity index (χ1) is 11.1. The number of hydrogen-bond acceptors (Lipinski definition) is 4. The Morgan fingerprint density at radius 3 is 3.00 bits per heavy atom. The van der Waals surface area contributed by atoms with Crippen molar-refractivity contribution < 1.29 is 4.74 Å². The molecule has 2 unspecified atom stereocenters. The summed E-state index contributed by atoms with van der Waals surface area (Å²) >= 11 is 0. The van der Waals surface area contributed by atoms with Gasteiger partial charge in [-0.05, 0) is 26.8 Å². The predicted octanol–water partition coefficient (Wildman–Crippen LogP) is 0.584. The van der Waals surface area contributed by atoms with E-state index in [1.54, 1.807) is 6.20 Å². The number of guanidine groups is 1. The van der Waals surface area contributed by atoms with Gasteiger partial charge in [0.25, 0.3) is 0 Å². The van der Waals surface area contributed by atoms with Crippen molar-refractivity contribution in [3.05, 3.63) is 18.0 Å². The van der Waals surface area contributed by atoms with Crippen LogP contribution in [-0.4, -0.2) is 65.6 Å². The molecule has 0 aliphatic carbocycles. The van der Waals surface area contributed by atoms with Gasteiger partial charge in [-0.25, -0.2) is 4.99 Å². The molecule has 7 nitrogen and oxygen atoms in total. The summed E-state index contributed by atoms with van der Waals surface area (Å²) in [5.74, 6) is 0.849. The molecule has 2 atom stereocenters. The fourth-order valence-corrected chi connectivity index (χ4v) is 2.81. The van der Waals surface area contributed by atoms with Crippen LogP contribution in [0.25, 0.3) is 0 Å². The molecular weight excluding hydrogens is 292 g/mol. The van der Waals surface area contributed by atoms with Gasteiger partial charge in [-0.15, -0.1) is 0 Å². The molecule has 2 rings (SSSR count). The molecule has 23 heavy (non-hydrogen) atoms. The van der Waals surface area contributed by atoms with Crippen LogP contribution in [0, 0.1) is 0 Å². The lowest BCUT2D eigenvalue weighted by Crippen LogP contribution is -2.53. The van der Waals surface area contributed by atoms with Crippen LogP contribution in [0.3, 0.4) is 0 Å². The molecule has 0 amide bonds. The van der Waals surface area contributed by atoms with Crippen molar-refractivity contribution in [3.63, 3.8) is 0 Å². The highest BCUT2D eigenvalue weighted by molar-refractivity contribution is 5.79. The smallest absolute Gasteiger partial charge is 0.191 e. The van der Waals surface area contributed by atoms with Crippen LogP contribution in [-0.2, 0) is 18.3 Å². The van der Waals surface area contributed by atoms with E-state index in [0.717, 1.165) is 44.5 Å². The molecule has 7 heteroatoms. The lowest BCUT2D eigenvalue weighted by atomic mass is 10.2. The van der Waals surface area contributed by atoms with Gasteiger partial charge in [-0.2, -0.15) is 5.10 Å². The van der Waals surface area contributed by atoms with Gasteiger partial charge in [-0.3, -0.25) is 9.58 Å². The highest BCUT2D eigenvalue weighted by Crippen LogP contribution is 2.10. The van der Waals surface area contributed by atoms with E-state index in [0.29, 0.717) is 18.6 Å². The molecule has 1 fully saturated rings. The molecular formula is C16H30N6O. The fraction of sp³-hybridized carbons (Fsp3) is 0.750. The Kier molecular flexibility index (Phi) is 6.85. The van der Waals surface area contributed by atoms with E-state index in [-0.39, 0.29) is 0 Å². The van der Waals surface area contributed by atoms with E-state index < -0.39 is 0 Å². The largest absolute Gasteiger partial charge is 0.379 e. The molecule has 0 bridgehead atoms. The summed E-state index contributed by atoms with van der Waals surface area (Å²) in [6.07, 6.45) is 1.80. The van der Waals surface area contributed by atoms with Crippen LogP contribution in [0.15, 0.2) is 17.3 Å². The fourth-order valence-electron chi connectivity index (χ4n) is 2.81.